The lowest BCUT2D eigenvalue weighted by Gasteiger charge is -2.41. The van der Waals surface area contributed by atoms with Crippen LogP contribution in [0.5, 0.6) is 0 Å². The summed E-state index contributed by atoms with van der Waals surface area (Å²) < 4.78 is 17.7. The van der Waals surface area contributed by atoms with E-state index < -0.39 is 30.2 Å². The average molecular weight is 775 g/mol. The zero-order chi connectivity index (χ0) is 41.6. The highest BCUT2D eigenvalue weighted by Gasteiger charge is 2.43. The number of ether oxygens (including phenoxy) is 3. The van der Waals surface area contributed by atoms with Crippen molar-refractivity contribution in [3.63, 3.8) is 0 Å². The van der Waals surface area contributed by atoms with Gasteiger partial charge >= 0.3 is 0 Å². The predicted octanol–water partition coefficient (Wildman–Crippen LogP) is 3.37. The Morgan fingerprint density at radius 1 is 0.873 bits per heavy atom. The summed E-state index contributed by atoms with van der Waals surface area (Å²) in [5.41, 5.74) is 1.10. The number of quaternary nitrogens is 1. The first kappa shape index (κ1) is 48.1. The molecule has 0 radical (unpaired) electrons. The van der Waals surface area contributed by atoms with Crippen molar-refractivity contribution in [2.75, 3.05) is 49.0 Å². The maximum absolute atomic E-state index is 14.3. The summed E-state index contributed by atoms with van der Waals surface area (Å²) in [6, 6.07) is 7.99. The molecule has 1 aromatic carbocycles. The smallest absolute Gasteiger partial charge is 0.279 e. The van der Waals surface area contributed by atoms with Gasteiger partial charge in [-0.05, 0) is 50.0 Å². The molecule has 0 aromatic heterocycles. The molecule has 1 saturated heterocycles. The van der Waals surface area contributed by atoms with E-state index in [0.29, 0.717) is 19.4 Å². The topological polar surface area (TPSA) is 131 Å². The normalized spacial score (nSPS) is 20.1. The van der Waals surface area contributed by atoms with Gasteiger partial charge in [-0.2, -0.15) is 0 Å². The molecule has 0 saturated carbocycles. The van der Waals surface area contributed by atoms with Gasteiger partial charge in [-0.1, -0.05) is 85.2 Å². The molecule has 2 rings (SSSR count). The number of nitrogens with one attached hydrogen (secondary N) is 3. The number of nitrogens with zero attached hydrogens (tertiary/aromatic N) is 2. The second-order valence-corrected chi connectivity index (χ2v) is 16.5. The lowest BCUT2D eigenvalue weighted by atomic mass is 9.89. The Kier molecular flexibility index (Phi) is 20.3. The van der Waals surface area contributed by atoms with Crippen LogP contribution < -0.4 is 15.5 Å². The Morgan fingerprint density at radius 3 is 2.00 bits per heavy atom. The molecule has 1 aliphatic rings. The van der Waals surface area contributed by atoms with Crippen LogP contribution in [0, 0.1) is 23.7 Å². The minimum Gasteiger partial charge on any atom is -0.380 e. The fraction of sp³-hybridized carbons (Fsp3) is 0.767. The van der Waals surface area contributed by atoms with Gasteiger partial charge in [-0.3, -0.25) is 19.2 Å². The number of hydrogen-bond acceptors (Lipinski definition) is 7. The van der Waals surface area contributed by atoms with Gasteiger partial charge in [0.25, 0.3) is 5.91 Å². The Hall–Kier alpha value is -3.06. The molecule has 12 heteroatoms. The Labute approximate surface area is 332 Å². The number of amides is 4. The van der Waals surface area contributed by atoms with Crippen molar-refractivity contribution in [1.29, 1.82) is 0 Å². The second-order valence-electron chi connectivity index (χ2n) is 16.5. The monoisotopic (exact) mass is 775 g/mol. The molecule has 3 N–H and O–H groups in total. The van der Waals surface area contributed by atoms with Gasteiger partial charge in [0.2, 0.25) is 17.7 Å². The van der Waals surface area contributed by atoms with Crippen LogP contribution in [0.4, 0.5) is 0 Å². The summed E-state index contributed by atoms with van der Waals surface area (Å²) in [7, 11) is 10.5. The second kappa shape index (κ2) is 23.2. The Morgan fingerprint density at radius 2 is 1.49 bits per heavy atom. The zero-order valence-electron chi connectivity index (χ0n) is 36.5. The number of likely N-dealkylation sites (N-methyl/N-ethyl adjacent to an activating group) is 2. The standard InChI is InChI=1S/C43H75N5O7/c1-15-28(5)38(47(11)43(52)37(27(3)4)45-42(51)39(46(9)10)29(6)16-2)35(54-13)26-36(49)48-24-20-23-34(48)40(55-14)30(7)41(50)44-33(31(8)53-12)25-32-21-18-17-19-22-32/h17-19,21-22,27-31,33-35,37-40H,15-16,20,23-26H2,1-14H3,(H,44,50)(H,45,51)/p+1. The number of rotatable bonds is 23. The molecule has 314 valence electrons. The van der Waals surface area contributed by atoms with E-state index in [2.05, 4.69) is 38.3 Å². The fourth-order valence-corrected chi connectivity index (χ4v) is 8.29. The molecule has 55 heavy (non-hydrogen) atoms. The molecule has 11 atom stereocenters. The largest absolute Gasteiger partial charge is 0.380 e. The molecule has 4 amide bonds. The van der Waals surface area contributed by atoms with Gasteiger partial charge in [-0.25, -0.2) is 0 Å². The molecule has 0 spiro atoms. The summed E-state index contributed by atoms with van der Waals surface area (Å²) in [4.78, 5) is 60.6. The van der Waals surface area contributed by atoms with Crippen molar-refractivity contribution in [2.24, 2.45) is 23.7 Å². The van der Waals surface area contributed by atoms with E-state index in [1.807, 2.05) is 77.0 Å². The van der Waals surface area contributed by atoms with Gasteiger partial charge < -0.3 is 39.5 Å². The van der Waals surface area contributed by atoms with E-state index in [4.69, 9.17) is 14.2 Å². The SMILES string of the molecule is CCC(C)C(C(CC(=O)N1CCCC1C(OC)C(C)C(=O)NC(Cc1ccccc1)C(C)OC)OC)N(C)C(=O)C(NC(=O)C(C(C)CC)[NH+](C)C)C(C)C. The maximum atomic E-state index is 14.3. The van der Waals surface area contributed by atoms with Gasteiger partial charge in [0, 0.05) is 40.8 Å². The maximum Gasteiger partial charge on any atom is 0.279 e. The van der Waals surface area contributed by atoms with Crippen LogP contribution in [0.3, 0.4) is 0 Å². The van der Waals surface area contributed by atoms with E-state index in [1.54, 1.807) is 33.3 Å². The highest BCUT2D eigenvalue weighted by Crippen LogP contribution is 2.30. The third kappa shape index (κ3) is 13.0. The van der Waals surface area contributed by atoms with Crippen LogP contribution in [0.15, 0.2) is 30.3 Å². The summed E-state index contributed by atoms with van der Waals surface area (Å²) in [5.74, 6) is -1.16. The Bertz CT molecular complexity index is 1330. The molecule has 0 aliphatic carbocycles. The summed E-state index contributed by atoms with van der Waals surface area (Å²) in [6.45, 7) is 16.5. The van der Waals surface area contributed by atoms with E-state index in [0.717, 1.165) is 29.7 Å². The Balaban J connectivity index is 2.29. The summed E-state index contributed by atoms with van der Waals surface area (Å²) >= 11 is 0. The predicted molar refractivity (Wildman–Crippen MR) is 217 cm³/mol. The van der Waals surface area contributed by atoms with Crippen molar-refractivity contribution < 1.29 is 38.3 Å². The molecular weight excluding hydrogens is 699 g/mol. The van der Waals surface area contributed by atoms with E-state index in [-0.39, 0.29) is 72.0 Å². The molecule has 0 bridgehead atoms. The van der Waals surface area contributed by atoms with Crippen LogP contribution >= 0.6 is 0 Å². The summed E-state index contributed by atoms with van der Waals surface area (Å²) in [5, 5.41) is 6.32. The molecule has 1 fully saturated rings. The van der Waals surface area contributed by atoms with Crippen molar-refractivity contribution in [1.82, 2.24) is 20.4 Å². The highest BCUT2D eigenvalue weighted by molar-refractivity contribution is 5.89. The molecule has 1 aromatic rings. The van der Waals surface area contributed by atoms with Crippen molar-refractivity contribution >= 4 is 23.6 Å². The van der Waals surface area contributed by atoms with E-state index in [9.17, 15) is 19.2 Å². The average Bonchev–Trinajstić information content (AvgIpc) is 3.65. The minimum absolute atomic E-state index is 0.00237. The molecule has 1 heterocycles. The third-order valence-corrected chi connectivity index (χ3v) is 12.2. The van der Waals surface area contributed by atoms with Gasteiger partial charge in [0.1, 0.15) is 6.04 Å². The van der Waals surface area contributed by atoms with Crippen molar-refractivity contribution in [3.8, 4) is 0 Å². The van der Waals surface area contributed by atoms with Crippen molar-refractivity contribution in [3.05, 3.63) is 35.9 Å². The lowest BCUT2D eigenvalue weighted by molar-refractivity contribution is -0.879. The first-order valence-electron chi connectivity index (χ1n) is 20.6. The van der Waals surface area contributed by atoms with Crippen LogP contribution in [-0.2, 0) is 39.8 Å². The molecule has 1 aliphatic heterocycles. The van der Waals surface area contributed by atoms with Crippen LogP contribution in [0.25, 0.3) is 0 Å². The number of carbonyl (C=O) groups excluding carboxylic acids is 4. The lowest BCUT2D eigenvalue weighted by Crippen LogP contribution is -3.12. The minimum atomic E-state index is -0.736. The third-order valence-electron chi connectivity index (χ3n) is 12.2. The number of carbonyl (C=O) groups is 4. The van der Waals surface area contributed by atoms with Gasteiger partial charge in [0.15, 0.2) is 6.04 Å². The quantitative estimate of drug-likeness (QED) is 0.156. The van der Waals surface area contributed by atoms with Crippen LogP contribution in [-0.4, -0.2) is 131 Å². The number of hydrogen-bond donors (Lipinski definition) is 3. The first-order valence-corrected chi connectivity index (χ1v) is 20.6. The summed E-state index contributed by atoms with van der Waals surface area (Å²) in [6.07, 6.45) is 2.42. The van der Waals surface area contributed by atoms with Gasteiger partial charge in [-0.15, -0.1) is 0 Å². The van der Waals surface area contributed by atoms with Gasteiger partial charge in [0.05, 0.1) is 62.9 Å². The zero-order valence-corrected chi connectivity index (χ0v) is 36.5. The molecule has 12 nitrogen and oxygen atoms in total. The molecule has 11 unspecified atom stereocenters. The molecular formula is C43H76N5O7+. The van der Waals surface area contributed by atoms with Crippen LogP contribution in [0.2, 0.25) is 0 Å². The number of methoxy groups -OCH3 is 3. The van der Waals surface area contributed by atoms with E-state index >= 15 is 0 Å². The number of benzene rings is 1. The van der Waals surface area contributed by atoms with Crippen molar-refractivity contribution in [2.45, 2.75) is 142 Å². The fourth-order valence-electron chi connectivity index (χ4n) is 8.29. The highest BCUT2D eigenvalue weighted by atomic mass is 16.5. The van der Waals surface area contributed by atoms with E-state index in [1.165, 1.54) is 0 Å². The van der Waals surface area contributed by atoms with Crippen LogP contribution in [0.1, 0.15) is 93.1 Å². The first-order chi connectivity index (χ1) is 26.0. The number of likely N-dealkylation sites (tertiary alicyclic amines) is 1.